The highest BCUT2D eigenvalue weighted by Crippen LogP contribution is 2.24. The molecule has 1 aliphatic rings. The van der Waals surface area contributed by atoms with E-state index in [1.54, 1.807) is 24.5 Å². The van der Waals surface area contributed by atoms with E-state index in [1.165, 1.54) is 0 Å². The summed E-state index contributed by atoms with van der Waals surface area (Å²) in [5, 5.41) is 0. The Bertz CT molecular complexity index is 927. The van der Waals surface area contributed by atoms with E-state index in [0.29, 0.717) is 25.9 Å². The first-order valence-corrected chi connectivity index (χ1v) is 8.88. The molecule has 4 N–H and O–H groups in total. The van der Waals surface area contributed by atoms with Gasteiger partial charge in [-0.3, -0.25) is 4.79 Å². The number of aromatic amines is 2. The zero-order valence-corrected chi connectivity index (χ0v) is 17.6. The number of nitrogens with zero attached hydrogens (tertiary/aromatic N) is 3. The smallest absolute Gasteiger partial charge is 0.240 e. The number of rotatable bonds is 5. The maximum absolute atomic E-state index is 12.7. The number of nitrogens with two attached hydrogens (primary N) is 1. The molecule has 2 aromatic heterocycles. The van der Waals surface area contributed by atoms with Crippen LogP contribution in [0.4, 0.5) is 0 Å². The molecule has 0 aliphatic carbocycles. The Hall–Kier alpha value is -2.55. The molecule has 1 aromatic carbocycles. The number of nitrogens with one attached hydrogen (secondary N) is 2. The molecule has 0 fully saturated rings. The Labute approximate surface area is 181 Å². The zero-order chi connectivity index (χ0) is 18.8. The normalized spacial score (nSPS) is 13.7. The maximum Gasteiger partial charge on any atom is 0.240 e. The van der Waals surface area contributed by atoms with Gasteiger partial charge in [0, 0.05) is 36.8 Å². The number of halogens is 2. The minimum atomic E-state index is -0.587. The summed E-state index contributed by atoms with van der Waals surface area (Å²) in [5.74, 6) is 1.55. The minimum absolute atomic E-state index is 0. The fourth-order valence-electron chi connectivity index (χ4n) is 3.32. The molecule has 8 nitrogen and oxygen atoms in total. The fraction of sp³-hybridized carbons (Fsp3) is 0.316. The van der Waals surface area contributed by atoms with Crippen molar-refractivity contribution >= 4 is 30.7 Å². The summed E-state index contributed by atoms with van der Waals surface area (Å²) in [7, 11) is 1.64. The number of carbonyl (C=O) groups excluding carboxylic acids is 1. The number of hydrogen-bond donors (Lipinski definition) is 3. The molecule has 0 saturated heterocycles. The molecule has 4 rings (SSSR count). The van der Waals surface area contributed by atoms with Gasteiger partial charge in [-0.15, -0.1) is 24.8 Å². The molecule has 3 heterocycles. The zero-order valence-electron chi connectivity index (χ0n) is 15.9. The van der Waals surface area contributed by atoms with E-state index in [0.717, 1.165) is 34.2 Å². The van der Waals surface area contributed by atoms with Crippen molar-refractivity contribution in [3.8, 4) is 17.1 Å². The summed E-state index contributed by atoms with van der Waals surface area (Å²) in [5.41, 5.74) is 9.92. The minimum Gasteiger partial charge on any atom is -0.497 e. The van der Waals surface area contributed by atoms with Crippen LogP contribution in [0.25, 0.3) is 11.4 Å². The number of H-pyrrole nitrogens is 2. The standard InChI is InChI=1S/C19H22N6O2.2ClH/c1-27-14-4-2-12(3-5-14)18-23-16-6-7-25(10-17(16)24-18)19(26)15(20)8-13-9-21-11-22-13;;/h2-5,9,11,15H,6-8,10,20H2,1H3,(H,21,22)(H,23,24);2*1H/t15-;;/m0../s1. The summed E-state index contributed by atoms with van der Waals surface area (Å²) >= 11 is 0. The summed E-state index contributed by atoms with van der Waals surface area (Å²) in [6, 6.07) is 7.15. The van der Waals surface area contributed by atoms with Gasteiger partial charge >= 0.3 is 0 Å². The largest absolute Gasteiger partial charge is 0.497 e. The highest BCUT2D eigenvalue weighted by Gasteiger charge is 2.27. The Morgan fingerprint density at radius 3 is 2.72 bits per heavy atom. The van der Waals surface area contributed by atoms with E-state index in [-0.39, 0.29) is 30.7 Å². The van der Waals surface area contributed by atoms with Crippen LogP contribution < -0.4 is 10.5 Å². The van der Waals surface area contributed by atoms with Gasteiger partial charge in [0.25, 0.3) is 0 Å². The molecule has 3 aromatic rings. The van der Waals surface area contributed by atoms with Gasteiger partial charge in [-0.05, 0) is 24.3 Å². The lowest BCUT2D eigenvalue weighted by Crippen LogP contribution is -2.46. The van der Waals surface area contributed by atoms with Crippen LogP contribution in [0.15, 0.2) is 36.8 Å². The van der Waals surface area contributed by atoms with Crippen molar-refractivity contribution < 1.29 is 9.53 Å². The molecule has 1 aliphatic heterocycles. The number of ether oxygens (including phenoxy) is 1. The average molecular weight is 439 g/mol. The molecule has 29 heavy (non-hydrogen) atoms. The third-order valence-electron chi connectivity index (χ3n) is 4.82. The second kappa shape index (κ2) is 9.78. The van der Waals surface area contributed by atoms with Gasteiger partial charge in [-0.1, -0.05) is 0 Å². The van der Waals surface area contributed by atoms with Gasteiger partial charge in [0.15, 0.2) is 0 Å². The molecule has 1 amide bonds. The quantitative estimate of drug-likeness (QED) is 0.564. The second-order valence-corrected chi connectivity index (χ2v) is 6.64. The Morgan fingerprint density at radius 1 is 1.31 bits per heavy atom. The molecular formula is C19H24Cl2N6O2. The lowest BCUT2D eigenvalue weighted by Gasteiger charge is -2.28. The molecule has 0 radical (unpaired) electrons. The van der Waals surface area contributed by atoms with Crippen molar-refractivity contribution in [2.24, 2.45) is 5.73 Å². The fourth-order valence-corrected chi connectivity index (χ4v) is 3.32. The van der Waals surface area contributed by atoms with Gasteiger partial charge in [0.05, 0.1) is 37.4 Å². The van der Waals surface area contributed by atoms with Crippen LogP contribution >= 0.6 is 24.8 Å². The topological polar surface area (TPSA) is 113 Å². The lowest BCUT2D eigenvalue weighted by molar-refractivity contribution is -0.133. The molecule has 0 unspecified atom stereocenters. The number of benzene rings is 1. The highest BCUT2D eigenvalue weighted by atomic mass is 35.5. The molecule has 1 atom stereocenters. The van der Waals surface area contributed by atoms with Gasteiger partial charge in [-0.2, -0.15) is 0 Å². The van der Waals surface area contributed by atoms with Gasteiger partial charge in [-0.25, -0.2) is 9.97 Å². The summed E-state index contributed by atoms with van der Waals surface area (Å²) < 4.78 is 5.19. The number of carbonyl (C=O) groups is 1. The van der Waals surface area contributed by atoms with Crippen molar-refractivity contribution in [2.45, 2.75) is 25.4 Å². The Kier molecular flexibility index (Phi) is 7.66. The number of fused-ring (bicyclic) bond motifs is 1. The Balaban J connectivity index is 0.00000150. The lowest BCUT2D eigenvalue weighted by atomic mass is 10.1. The molecule has 0 spiro atoms. The van der Waals surface area contributed by atoms with E-state index in [9.17, 15) is 4.79 Å². The first-order chi connectivity index (χ1) is 13.1. The molecule has 10 heteroatoms. The predicted octanol–water partition coefficient (Wildman–Crippen LogP) is 2.11. The number of aromatic nitrogens is 4. The summed E-state index contributed by atoms with van der Waals surface area (Å²) in [6.45, 7) is 1.11. The van der Waals surface area contributed by atoms with Crippen LogP contribution in [0.3, 0.4) is 0 Å². The molecular weight excluding hydrogens is 415 g/mol. The average Bonchev–Trinajstić information content (AvgIpc) is 3.36. The SMILES string of the molecule is COc1ccc(-c2nc3c([nH]2)CN(C(=O)[C@@H](N)Cc2cnc[nH]2)CC3)cc1.Cl.Cl. The van der Waals surface area contributed by atoms with Crippen molar-refractivity contribution in [1.29, 1.82) is 0 Å². The number of methoxy groups -OCH3 is 1. The van der Waals surface area contributed by atoms with Crippen LogP contribution in [0.5, 0.6) is 5.75 Å². The van der Waals surface area contributed by atoms with Crippen molar-refractivity contribution in [3.63, 3.8) is 0 Å². The summed E-state index contributed by atoms with van der Waals surface area (Å²) in [4.78, 5) is 29.5. The van der Waals surface area contributed by atoms with Gasteiger partial charge in [0.2, 0.25) is 5.91 Å². The number of hydrogen-bond acceptors (Lipinski definition) is 5. The molecule has 156 valence electrons. The first kappa shape index (κ1) is 22.7. The van der Waals surface area contributed by atoms with E-state index >= 15 is 0 Å². The third-order valence-corrected chi connectivity index (χ3v) is 4.82. The van der Waals surface area contributed by atoms with Crippen LogP contribution in [-0.4, -0.2) is 50.4 Å². The molecule has 0 bridgehead atoms. The number of imidazole rings is 2. The third kappa shape index (κ3) is 4.90. The van der Waals surface area contributed by atoms with Crippen LogP contribution in [0.1, 0.15) is 17.1 Å². The van der Waals surface area contributed by atoms with E-state index in [4.69, 9.17) is 15.5 Å². The van der Waals surface area contributed by atoms with Crippen LogP contribution in [0, 0.1) is 0 Å². The Morgan fingerprint density at radius 2 is 2.07 bits per heavy atom. The van der Waals surface area contributed by atoms with Crippen LogP contribution in [0.2, 0.25) is 0 Å². The number of amides is 1. The van der Waals surface area contributed by atoms with Crippen molar-refractivity contribution in [3.05, 3.63) is 53.9 Å². The van der Waals surface area contributed by atoms with E-state index < -0.39 is 6.04 Å². The second-order valence-electron chi connectivity index (χ2n) is 6.64. The maximum atomic E-state index is 12.7. The highest BCUT2D eigenvalue weighted by molar-refractivity contribution is 5.85. The van der Waals surface area contributed by atoms with Crippen LogP contribution in [-0.2, 0) is 24.2 Å². The van der Waals surface area contributed by atoms with E-state index in [1.807, 2.05) is 24.3 Å². The van der Waals surface area contributed by atoms with E-state index in [2.05, 4.69) is 15.0 Å². The van der Waals surface area contributed by atoms with Gasteiger partial charge in [0.1, 0.15) is 11.6 Å². The summed E-state index contributed by atoms with van der Waals surface area (Å²) in [6.07, 6.45) is 4.44. The van der Waals surface area contributed by atoms with Crippen molar-refractivity contribution in [1.82, 2.24) is 24.8 Å². The monoisotopic (exact) mass is 438 g/mol. The molecule has 0 saturated carbocycles. The van der Waals surface area contributed by atoms with Gasteiger partial charge < -0.3 is 25.3 Å². The first-order valence-electron chi connectivity index (χ1n) is 8.88. The van der Waals surface area contributed by atoms with Crippen molar-refractivity contribution in [2.75, 3.05) is 13.7 Å². The predicted molar refractivity (Wildman–Crippen MR) is 114 cm³/mol.